The van der Waals surface area contributed by atoms with Crippen molar-refractivity contribution in [3.05, 3.63) is 59.9 Å². The average Bonchev–Trinajstić information content (AvgIpc) is 2.93. The minimum absolute atomic E-state index is 0.260. The maximum Gasteiger partial charge on any atom is 0.223 e. The van der Waals surface area contributed by atoms with Crippen molar-refractivity contribution in [2.24, 2.45) is 0 Å². The molecule has 0 saturated carbocycles. The van der Waals surface area contributed by atoms with Crippen LogP contribution in [0, 0.1) is 0 Å². The highest BCUT2D eigenvalue weighted by molar-refractivity contribution is 5.76. The Bertz CT molecular complexity index is 559. The van der Waals surface area contributed by atoms with Crippen LogP contribution in [0.1, 0.15) is 17.7 Å². The second kappa shape index (κ2) is 5.31. The van der Waals surface area contributed by atoms with Gasteiger partial charge in [-0.1, -0.05) is 30.3 Å². The molecule has 1 aliphatic heterocycles. The SMILES string of the molecule is O=C(CCc1ccccc1)N1CCn2cccc2C1. The standard InChI is InChI=1S/C16H18N2O/c19-16(9-8-14-5-2-1-3-6-14)18-12-11-17-10-4-7-15(17)13-18/h1-7,10H,8-9,11-13H2. The molecule has 0 radical (unpaired) electrons. The van der Waals surface area contributed by atoms with Gasteiger partial charge in [-0.15, -0.1) is 0 Å². The smallest absolute Gasteiger partial charge is 0.223 e. The highest BCUT2D eigenvalue weighted by Crippen LogP contribution is 2.14. The molecule has 0 N–H and O–H groups in total. The molecule has 0 saturated heterocycles. The van der Waals surface area contributed by atoms with Crippen molar-refractivity contribution in [3.63, 3.8) is 0 Å². The van der Waals surface area contributed by atoms with Crippen molar-refractivity contribution >= 4 is 5.91 Å². The molecule has 3 rings (SSSR count). The largest absolute Gasteiger partial charge is 0.348 e. The molecule has 0 spiro atoms. The maximum absolute atomic E-state index is 12.2. The Kier molecular flexibility index (Phi) is 3.36. The predicted molar refractivity (Wildman–Crippen MR) is 74.6 cm³/mol. The van der Waals surface area contributed by atoms with Crippen LogP contribution in [0.3, 0.4) is 0 Å². The lowest BCUT2D eigenvalue weighted by atomic mass is 10.1. The Balaban J connectivity index is 1.57. The summed E-state index contributed by atoms with van der Waals surface area (Å²) < 4.78 is 2.22. The van der Waals surface area contributed by atoms with Crippen molar-refractivity contribution in [1.29, 1.82) is 0 Å². The summed E-state index contributed by atoms with van der Waals surface area (Å²) in [5, 5.41) is 0. The number of hydrogen-bond acceptors (Lipinski definition) is 1. The highest BCUT2D eigenvalue weighted by atomic mass is 16.2. The molecule has 19 heavy (non-hydrogen) atoms. The summed E-state index contributed by atoms with van der Waals surface area (Å²) in [6, 6.07) is 14.3. The predicted octanol–water partition coefficient (Wildman–Crippen LogP) is 2.46. The van der Waals surface area contributed by atoms with Crippen molar-refractivity contribution in [2.75, 3.05) is 6.54 Å². The minimum atomic E-state index is 0.260. The maximum atomic E-state index is 12.2. The fourth-order valence-electron chi connectivity index (χ4n) is 2.58. The molecule has 0 unspecified atom stereocenters. The van der Waals surface area contributed by atoms with Crippen LogP contribution >= 0.6 is 0 Å². The quantitative estimate of drug-likeness (QED) is 0.826. The number of amides is 1. The van der Waals surface area contributed by atoms with Gasteiger partial charge in [-0.25, -0.2) is 0 Å². The molecule has 98 valence electrons. The molecular formula is C16H18N2O. The molecule has 0 aliphatic carbocycles. The molecule has 0 atom stereocenters. The number of carbonyl (C=O) groups excluding carboxylic acids is 1. The summed E-state index contributed by atoms with van der Waals surface area (Å²) in [4.78, 5) is 14.2. The molecule has 1 aromatic carbocycles. The number of nitrogens with zero attached hydrogens (tertiary/aromatic N) is 2. The summed E-state index contributed by atoms with van der Waals surface area (Å²) in [5.74, 6) is 0.260. The Morgan fingerprint density at radius 1 is 1.05 bits per heavy atom. The summed E-state index contributed by atoms with van der Waals surface area (Å²) in [6.45, 7) is 2.50. The third kappa shape index (κ3) is 2.70. The van der Waals surface area contributed by atoms with Gasteiger partial charge in [-0.2, -0.15) is 0 Å². The number of carbonyl (C=O) groups is 1. The fourth-order valence-corrected chi connectivity index (χ4v) is 2.58. The second-order valence-electron chi connectivity index (χ2n) is 4.99. The first kappa shape index (κ1) is 12.0. The van der Waals surface area contributed by atoms with E-state index in [1.54, 1.807) is 0 Å². The zero-order valence-corrected chi connectivity index (χ0v) is 11.0. The van der Waals surface area contributed by atoms with E-state index in [2.05, 4.69) is 29.0 Å². The molecule has 1 amide bonds. The van der Waals surface area contributed by atoms with E-state index in [4.69, 9.17) is 0 Å². The number of aromatic nitrogens is 1. The molecule has 0 fully saturated rings. The van der Waals surface area contributed by atoms with Gasteiger partial charge in [0.1, 0.15) is 0 Å². The van der Waals surface area contributed by atoms with Crippen molar-refractivity contribution < 1.29 is 4.79 Å². The van der Waals surface area contributed by atoms with Gasteiger partial charge in [0.05, 0.1) is 6.54 Å². The van der Waals surface area contributed by atoms with Crippen molar-refractivity contribution in [1.82, 2.24) is 9.47 Å². The normalized spacial score (nSPS) is 14.2. The highest BCUT2D eigenvalue weighted by Gasteiger charge is 2.19. The zero-order chi connectivity index (χ0) is 13.1. The Hall–Kier alpha value is -2.03. The first-order valence-electron chi connectivity index (χ1n) is 6.78. The third-order valence-electron chi connectivity index (χ3n) is 3.71. The summed E-state index contributed by atoms with van der Waals surface area (Å²) in [7, 11) is 0. The van der Waals surface area contributed by atoms with Crippen LogP contribution in [0.4, 0.5) is 0 Å². The molecular weight excluding hydrogens is 236 g/mol. The Morgan fingerprint density at radius 3 is 2.74 bits per heavy atom. The van der Waals surface area contributed by atoms with Crippen LogP contribution in [0.15, 0.2) is 48.7 Å². The van der Waals surface area contributed by atoms with E-state index in [0.717, 1.165) is 26.1 Å². The zero-order valence-electron chi connectivity index (χ0n) is 11.0. The molecule has 1 aromatic heterocycles. The number of aryl methyl sites for hydroxylation is 1. The monoisotopic (exact) mass is 254 g/mol. The lowest BCUT2D eigenvalue weighted by molar-refractivity contribution is -0.132. The van der Waals surface area contributed by atoms with Crippen LogP contribution in [-0.2, 0) is 24.3 Å². The van der Waals surface area contributed by atoms with Crippen molar-refractivity contribution in [3.8, 4) is 0 Å². The van der Waals surface area contributed by atoms with E-state index in [9.17, 15) is 4.79 Å². The van der Waals surface area contributed by atoms with E-state index in [1.165, 1.54) is 11.3 Å². The number of benzene rings is 1. The summed E-state index contributed by atoms with van der Waals surface area (Å²) in [5.41, 5.74) is 2.47. The van der Waals surface area contributed by atoms with E-state index < -0.39 is 0 Å². The van der Waals surface area contributed by atoms with E-state index in [-0.39, 0.29) is 5.91 Å². The molecule has 2 heterocycles. The second-order valence-corrected chi connectivity index (χ2v) is 4.99. The van der Waals surface area contributed by atoms with Gasteiger partial charge in [-0.3, -0.25) is 4.79 Å². The first-order valence-corrected chi connectivity index (χ1v) is 6.78. The average molecular weight is 254 g/mol. The molecule has 0 bridgehead atoms. The van der Waals surface area contributed by atoms with Crippen LogP contribution in [-0.4, -0.2) is 21.9 Å². The van der Waals surface area contributed by atoms with Gasteiger partial charge < -0.3 is 9.47 Å². The van der Waals surface area contributed by atoms with E-state index in [0.29, 0.717) is 6.42 Å². The van der Waals surface area contributed by atoms with E-state index in [1.807, 2.05) is 29.2 Å². The summed E-state index contributed by atoms with van der Waals surface area (Å²) in [6.07, 6.45) is 3.52. The molecule has 3 nitrogen and oxygen atoms in total. The topological polar surface area (TPSA) is 25.2 Å². The van der Waals surface area contributed by atoms with E-state index >= 15 is 0 Å². The lowest BCUT2D eigenvalue weighted by Crippen LogP contribution is -2.37. The fraction of sp³-hybridized carbons (Fsp3) is 0.312. The number of hydrogen-bond donors (Lipinski definition) is 0. The van der Waals surface area contributed by atoms with Gasteiger partial charge in [0.15, 0.2) is 0 Å². The van der Waals surface area contributed by atoms with Crippen LogP contribution in [0.2, 0.25) is 0 Å². The van der Waals surface area contributed by atoms with Crippen LogP contribution in [0.25, 0.3) is 0 Å². The Morgan fingerprint density at radius 2 is 1.89 bits per heavy atom. The lowest BCUT2D eigenvalue weighted by Gasteiger charge is -2.28. The summed E-state index contributed by atoms with van der Waals surface area (Å²) >= 11 is 0. The van der Waals surface area contributed by atoms with Gasteiger partial charge in [0.25, 0.3) is 0 Å². The number of fused-ring (bicyclic) bond motifs is 1. The molecule has 3 heteroatoms. The van der Waals surface area contributed by atoms with Crippen molar-refractivity contribution in [2.45, 2.75) is 25.9 Å². The van der Waals surface area contributed by atoms with Crippen LogP contribution in [0.5, 0.6) is 0 Å². The molecule has 1 aliphatic rings. The minimum Gasteiger partial charge on any atom is -0.348 e. The van der Waals surface area contributed by atoms with Gasteiger partial charge in [0.2, 0.25) is 5.91 Å². The first-order chi connectivity index (χ1) is 9.33. The van der Waals surface area contributed by atoms with Crippen LogP contribution < -0.4 is 0 Å². The van der Waals surface area contributed by atoms with Gasteiger partial charge >= 0.3 is 0 Å². The third-order valence-corrected chi connectivity index (χ3v) is 3.71. The van der Waals surface area contributed by atoms with Gasteiger partial charge in [-0.05, 0) is 24.1 Å². The molecule has 2 aromatic rings. The van der Waals surface area contributed by atoms with Gasteiger partial charge in [0, 0.05) is 31.4 Å². The Labute approximate surface area is 113 Å². The number of rotatable bonds is 3.